The van der Waals surface area contributed by atoms with Crippen molar-refractivity contribution in [2.24, 2.45) is 0 Å². The largest absolute Gasteiger partial charge is 0.462 e. The summed E-state index contributed by atoms with van der Waals surface area (Å²) in [6.45, 7) is 7.86. The molecule has 1 unspecified atom stereocenters. The fourth-order valence-electron chi connectivity index (χ4n) is 8.55. The van der Waals surface area contributed by atoms with Crippen LogP contribution in [0.5, 0.6) is 0 Å². The van der Waals surface area contributed by atoms with E-state index >= 15 is 0 Å². The van der Waals surface area contributed by atoms with Crippen molar-refractivity contribution in [2.75, 3.05) is 19.8 Å². The number of allylic oxidation sites excluding steroid dienone is 2. The Bertz CT molecular complexity index is 902. The minimum absolute atomic E-state index is 0.0927. The molecule has 0 N–H and O–H groups in total. The van der Waals surface area contributed by atoms with Crippen molar-refractivity contribution in [1.29, 1.82) is 0 Å². The second-order valence-corrected chi connectivity index (χ2v) is 19.2. The maximum atomic E-state index is 12.8. The first-order valence-electron chi connectivity index (χ1n) is 28.2. The molecule has 0 aliphatic carbocycles. The first kappa shape index (κ1) is 60.6. The molecule has 0 fully saturated rings. The van der Waals surface area contributed by atoms with E-state index in [0.717, 1.165) is 38.5 Å². The number of esters is 2. The fourth-order valence-corrected chi connectivity index (χ4v) is 8.55. The summed E-state index contributed by atoms with van der Waals surface area (Å²) < 4.78 is 17.5. The minimum Gasteiger partial charge on any atom is -0.462 e. The van der Waals surface area contributed by atoms with Crippen LogP contribution in [0.3, 0.4) is 0 Å². The summed E-state index contributed by atoms with van der Waals surface area (Å²) in [5.41, 5.74) is 0. The van der Waals surface area contributed by atoms with Crippen LogP contribution in [-0.2, 0) is 23.8 Å². The zero-order chi connectivity index (χ0) is 44.9. The summed E-state index contributed by atoms with van der Waals surface area (Å²) in [7, 11) is 0. The molecule has 5 nitrogen and oxygen atoms in total. The summed E-state index contributed by atoms with van der Waals surface area (Å²) in [6, 6.07) is 0. The molecular formula is C57H110O5. The van der Waals surface area contributed by atoms with Crippen LogP contribution in [0, 0.1) is 0 Å². The molecule has 0 aromatic carbocycles. The second kappa shape index (κ2) is 54.0. The van der Waals surface area contributed by atoms with Gasteiger partial charge in [-0.1, -0.05) is 277 Å². The number of hydrogen-bond acceptors (Lipinski definition) is 5. The number of rotatable bonds is 53. The molecule has 0 saturated heterocycles. The van der Waals surface area contributed by atoms with Crippen LogP contribution in [0.25, 0.3) is 0 Å². The van der Waals surface area contributed by atoms with E-state index in [1.807, 2.05) is 0 Å². The Morgan fingerprint density at radius 2 is 0.645 bits per heavy atom. The van der Waals surface area contributed by atoms with Crippen LogP contribution in [0.2, 0.25) is 0 Å². The Morgan fingerprint density at radius 3 is 1.03 bits per heavy atom. The molecule has 0 aliphatic heterocycles. The summed E-state index contributed by atoms with van der Waals surface area (Å²) in [5.74, 6) is -0.375. The van der Waals surface area contributed by atoms with Crippen molar-refractivity contribution < 1.29 is 23.8 Å². The molecule has 1 atom stereocenters. The van der Waals surface area contributed by atoms with E-state index in [0.29, 0.717) is 26.1 Å². The maximum Gasteiger partial charge on any atom is 0.306 e. The van der Waals surface area contributed by atoms with Gasteiger partial charge in [-0.2, -0.15) is 0 Å². The zero-order valence-electron chi connectivity index (χ0n) is 42.4. The van der Waals surface area contributed by atoms with Crippen molar-refractivity contribution >= 4 is 11.9 Å². The summed E-state index contributed by atoms with van der Waals surface area (Å²) >= 11 is 0. The molecule has 0 radical (unpaired) electrons. The summed E-state index contributed by atoms with van der Waals surface area (Å²) in [5, 5.41) is 0. The third-order valence-corrected chi connectivity index (χ3v) is 12.8. The Hall–Kier alpha value is -1.36. The van der Waals surface area contributed by atoms with Crippen molar-refractivity contribution in [3.8, 4) is 0 Å². The van der Waals surface area contributed by atoms with Crippen molar-refractivity contribution in [3.63, 3.8) is 0 Å². The summed E-state index contributed by atoms with van der Waals surface area (Å²) in [4.78, 5) is 25.5. The Labute approximate surface area is 388 Å². The average Bonchev–Trinajstić information content (AvgIpc) is 3.27. The predicted molar refractivity (Wildman–Crippen MR) is 270 cm³/mol. The van der Waals surface area contributed by atoms with Crippen LogP contribution in [0.4, 0.5) is 0 Å². The lowest BCUT2D eigenvalue weighted by atomic mass is 10.0. The number of ether oxygens (including phenoxy) is 3. The van der Waals surface area contributed by atoms with Crippen LogP contribution in [0.15, 0.2) is 12.2 Å². The van der Waals surface area contributed by atoms with Crippen LogP contribution in [0.1, 0.15) is 316 Å². The SMILES string of the molecule is CCCC/C=C\CCCCCCCCOCC(COC(=O)CCCCCCCCCCCCCCCCCCCCC)OC(=O)CCCCCCCCCCCCCCCCC. The first-order valence-corrected chi connectivity index (χ1v) is 28.2. The van der Waals surface area contributed by atoms with E-state index in [2.05, 4.69) is 32.9 Å². The average molecular weight is 876 g/mol. The number of hydrogen-bond donors (Lipinski definition) is 0. The standard InChI is InChI=1S/C57H110O5/c1-4-7-10-13-16-19-22-25-27-28-29-30-32-33-35-38-41-44-47-50-56(58)61-54-55(53-60-52-49-46-43-40-37-24-21-18-15-12-9-6-3)62-57(59)51-48-45-42-39-36-34-31-26-23-20-17-14-11-8-5-2/h15,18,55H,4-14,16-17,19-54H2,1-3H3/b18-15-. The zero-order valence-corrected chi connectivity index (χ0v) is 42.4. The molecule has 0 amide bonds. The van der Waals surface area contributed by atoms with Gasteiger partial charge in [-0.05, 0) is 38.5 Å². The molecule has 0 spiro atoms. The quantitative estimate of drug-likeness (QED) is 0.0346. The predicted octanol–water partition coefficient (Wildman–Crippen LogP) is 19.0. The van der Waals surface area contributed by atoms with Crippen molar-refractivity contribution in [2.45, 2.75) is 322 Å². The Kier molecular flexibility index (Phi) is 52.8. The highest BCUT2D eigenvalue weighted by Gasteiger charge is 2.17. The lowest BCUT2D eigenvalue weighted by molar-refractivity contribution is -0.163. The van der Waals surface area contributed by atoms with E-state index in [4.69, 9.17) is 14.2 Å². The molecule has 0 rings (SSSR count). The molecule has 0 aliphatic rings. The third kappa shape index (κ3) is 51.3. The van der Waals surface area contributed by atoms with Crippen molar-refractivity contribution in [1.82, 2.24) is 0 Å². The Balaban J connectivity index is 4.15. The molecule has 0 aromatic heterocycles. The van der Waals surface area contributed by atoms with E-state index in [1.54, 1.807) is 0 Å². The molecule has 368 valence electrons. The maximum absolute atomic E-state index is 12.8. The normalized spacial score (nSPS) is 12.1. The van der Waals surface area contributed by atoms with Gasteiger partial charge in [-0.15, -0.1) is 0 Å². The van der Waals surface area contributed by atoms with Gasteiger partial charge in [0.05, 0.1) is 6.61 Å². The van der Waals surface area contributed by atoms with Crippen LogP contribution >= 0.6 is 0 Å². The first-order chi connectivity index (χ1) is 30.6. The lowest BCUT2D eigenvalue weighted by Crippen LogP contribution is -2.30. The van der Waals surface area contributed by atoms with Gasteiger partial charge in [-0.3, -0.25) is 9.59 Å². The van der Waals surface area contributed by atoms with Crippen LogP contribution < -0.4 is 0 Å². The van der Waals surface area contributed by atoms with Crippen molar-refractivity contribution in [3.05, 3.63) is 12.2 Å². The Morgan fingerprint density at radius 1 is 0.339 bits per heavy atom. The molecule has 0 saturated carbocycles. The van der Waals surface area contributed by atoms with E-state index in [9.17, 15) is 9.59 Å². The highest BCUT2D eigenvalue weighted by atomic mass is 16.6. The molecule has 5 heteroatoms. The minimum atomic E-state index is -0.529. The molecule has 62 heavy (non-hydrogen) atoms. The number of carbonyl (C=O) groups is 2. The van der Waals surface area contributed by atoms with Crippen LogP contribution in [-0.4, -0.2) is 37.9 Å². The number of unbranched alkanes of at least 4 members (excludes halogenated alkanes) is 40. The van der Waals surface area contributed by atoms with E-state index in [1.165, 1.54) is 244 Å². The van der Waals surface area contributed by atoms with Gasteiger partial charge in [0.25, 0.3) is 0 Å². The highest BCUT2D eigenvalue weighted by molar-refractivity contribution is 5.70. The smallest absolute Gasteiger partial charge is 0.306 e. The molecule has 0 bridgehead atoms. The van der Waals surface area contributed by atoms with Gasteiger partial charge in [0, 0.05) is 19.4 Å². The fraction of sp³-hybridized carbons (Fsp3) is 0.930. The topological polar surface area (TPSA) is 61.8 Å². The monoisotopic (exact) mass is 875 g/mol. The van der Waals surface area contributed by atoms with E-state index in [-0.39, 0.29) is 18.5 Å². The molecular weight excluding hydrogens is 765 g/mol. The summed E-state index contributed by atoms with van der Waals surface area (Å²) in [6.07, 6.45) is 62.3. The van der Waals surface area contributed by atoms with Gasteiger partial charge in [0.1, 0.15) is 6.61 Å². The van der Waals surface area contributed by atoms with Gasteiger partial charge < -0.3 is 14.2 Å². The third-order valence-electron chi connectivity index (χ3n) is 12.8. The van der Waals surface area contributed by atoms with Gasteiger partial charge in [0.2, 0.25) is 0 Å². The van der Waals surface area contributed by atoms with Gasteiger partial charge in [-0.25, -0.2) is 0 Å². The highest BCUT2D eigenvalue weighted by Crippen LogP contribution is 2.17. The van der Waals surface area contributed by atoms with E-state index < -0.39 is 6.10 Å². The lowest BCUT2D eigenvalue weighted by Gasteiger charge is -2.18. The second-order valence-electron chi connectivity index (χ2n) is 19.2. The van der Waals surface area contributed by atoms with Gasteiger partial charge >= 0.3 is 11.9 Å². The van der Waals surface area contributed by atoms with Gasteiger partial charge in [0.15, 0.2) is 6.10 Å². The molecule has 0 heterocycles. The molecule has 0 aromatic rings. The number of carbonyl (C=O) groups excluding carboxylic acids is 2.